The summed E-state index contributed by atoms with van der Waals surface area (Å²) in [7, 11) is 1.88. The molecule has 0 radical (unpaired) electrons. The lowest BCUT2D eigenvalue weighted by Crippen LogP contribution is -2.12. The van der Waals surface area contributed by atoms with Crippen molar-refractivity contribution in [2.75, 3.05) is 17.7 Å². The maximum absolute atomic E-state index is 8.71. The summed E-state index contributed by atoms with van der Waals surface area (Å²) >= 11 is 0. The number of aromatic nitrogens is 2. The molecular formula is C12H11N5. The summed E-state index contributed by atoms with van der Waals surface area (Å²) in [5.41, 5.74) is 7.04. The van der Waals surface area contributed by atoms with Gasteiger partial charge in [0, 0.05) is 12.7 Å². The molecule has 0 unspecified atom stereocenters. The van der Waals surface area contributed by atoms with E-state index in [1.54, 1.807) is 24.3 Å². The van der Waals surface area contributed by atoms with Crippen molar-refractivity contribution in [2.24, 2.45) is 0 Å². The van der Waals surface area contributed by atoms with Crippen molar-refractivity contribution in [3.05, 3.63) is 42.0 Å². The predicted octanol–water partition coefficient (Wildman–Crippen LogP) is 1.70. The Hall–Kier alpha value is -2.61. The summed E-state index contributed by atoms with van der Waals surface area (Å²) in [5, 5.41) is 16.5. The van der Waals surface area contributed by atoms with Crippen molar-refractivity contribution in [1.82, 2.24) is 10.2 Å². The molecule has 0 saturated carbocycles. The van der Waals surface area contributed by atoms with Gasteiger partial charge >= 0.3 is 0 Å². The maximum atomic E-state index is 8.71. The van der Waals surface area contributed by atoms with E-state index in [0.717, 1.165) is 5.69 Å². The van der Waals surface area contributed by atoms with Crippen LogP contribution in [-0.2, 0) is 0 Å². The van der Waals surface area contributed by atoms with Crippen LogP contribution in [0.1, 0.15) is 5.56 Å². The van der Waals surface area contributed by atoms with Crippen LogP contribution in [0.3, 0.4) is 0 Å². The molecule has 0 aliphatic rings. The lowest BCUT2D eigenvalue weighted by molar-refractivity contribution is 0.996. The van der Waals surface area contributed by atoms with Gasteiger partial charge in [0.2, 0.25) is 0 Å². The van der Waals surface area contributed by atoms with Crippen LogP contribution in [0, 0.1) is 11.3 Å². The molecule has 2 N–H and O–H groups in total. The summed E-state index contributed by atoms with van der Waals surface area (Å²) in [5.74, 6) is 1.09. The van der Waals surface area contributed by atoms with Gasteiger partial charge in [-0.15, -0.1) is 10.2 Å². The van der Waals surface area contributed by atoms with E-state index in [1.165, 1.54) is 0 Å². The minimum absolute atomic E-state index is 0.391. The summed E-state index contributed by atoms with van der Waals surface area (Å²) < 4.78 is 0. The average molecular weight is 225 g/mol. The first kappa shape index (κ1) is 10.9. The Morgan fingerprint density at radius 2 is 1.82 bits per heavy atom. The van der Waals surface area contributed by atoms with Crippen LogP contribution in [-0.4, -0.2) is 17.2 Å². The molecule has 0 amide bonds. The van der Waals surface area contributed by atoms with Crippen LogP contribution >= 0.6 is 0 Å². The number of hydrogen-bond acceptors (Lipinski definition) is 5. The summed E-state index contributed by atoms with van der Waals surface area (Å²) in [6, 6.07) is 12.8. The van der Waals surface area contributed by atoms with Crippen LogP contribution in [0.5, 0.6) is 0 Å². The van der Waals surface area contributed by atoms with E-state index >= 15 is 0 Å². The van der Waals surface area contributed by atoms with E-state index in [-0.39, 0.29) is 0 Å². The van der Waals surface area contributed by atoms with E-state index < -0.39 is 0 Å². The molecule has 0 spiro atoms. The lowest BCUT2D eigenvalue weighted by atomic mass is 10.2. The standard InChI is InChI=1S/C12H11N5/c1-17(12-7-6-11(14)15-16-12)10-4-2-9(8-13)3-5-10/h2-7H,1H3,(H2,14,15). The molecule has 1 heterocycles. The highest BCUT2D eigenvalue weighted by Gasteiger charge is 2.05. The zero-order valence-electron chi connectivity index (χ0n) is 9.33. The van der Waals surface area contributed by atoms with Gasteiger partial charge in [0.15, 0.2) is 5.82 Å². The number of nitrogens with two attached hydrogens (primary N) is 1. The third-order valence-electron chi connectivity index (χ3n) is 2.40. The Kier molecular flexibility index (Phi) is 2.88. The van der Waals surface area contributed by atoms with Crippen LogP contribution in [0.25, 0.3) is 0 Å². The molecule has 1 aromatic heterocycles. The van der Waals surface area contributed by atoms with Gasteiger partial charge in [-0.1, -0.05) is 0 Å². The van der Waals surface area contributed by atoms with Crippen molar-refractivity contribution in [1.29, 1.82) is 5.26 Å². The molecule has 2 aromatic rings. The number of rotatable bonds is 2. The fourth-order valence-corrected chi connectivity index (χ4v) is 1.41. The summed E-state index contributed by atoms with van der Waals surface area (Å²) in [4.78, 5) is 1.87. The zero-order valence-corrected chi connectivity index (χ0v) is 9.33. The van der Waals surface area contributed by atoms with Crippen molar-refractivity contribution < 1.29 is 0 Å². The largest absolute Gasteiger partial charge is 0.382 e. The molecule has 0 atom stereocenters. The smallest absolute Gasteiger partial charge is 0.155 e. The number of hydrogen-bond donors (Lipinski definition) is 1. The quantitative estimate of drug-likeness (QED) is 0.841. The summed E-state index contributed by atoms with van der Waals surface area (Å²) in [6.07, 6.45) is 0. The van der Waals surface area contributed by atoms with Gasteiger partial charge in [0.1, 0.15) is 5.82 Å². The Morgan fingerprint density at radius 1 is 1.12 bits per heavy atom. The summed E-state index contributed by atoms with van der Waals surface area (Å²) in [6.45, 7) is 0. The molecule has 1 aromatic carbocycles. The van der Waals surface area contributed by atoms with Crippen molar-refractivity contribution in [2.45, 2.75) is 0 Å². The monoisotopic (exact) mass is 225 g/mol. The molecular weight excluding hydrogens is 214 g/mol. The van der Waals surface area contributed by atoms with E-state index in [9.17, 15) is 0 Å². The van der Waals surface area contributed by atoms with Crippen molar-refractivity contribution in [3.8, 4) is 6.07 Å². The number of benzene rings is 1. The highest BCUT2D eigenvalue weighted by atomic mass is 15.3. The zero-order chi connectivity index (χ0) is 12.3. The van der Waals surface area contributed by atoms with Gasteiger partial charge in [-0.2, -0.15) is 5.26 Å². The Bertz CT molecular complexity index is 539. The van der Waals surface area contributed by atoms with Gasteiger partial charge in [0.25, 0.3) is 0 Å². The van der Waals surface area contributed by atoms with Gasteiger partial charge in [-0.25, -0.2) is 0 Å². The molecule has 5 nitrogen and oxygen atoms in total. The molecule has 5 heteroatoms. The third-order valence-corrected chi connectivity index (χ3v) is 2.40. The van der Waals surface area contributed by atoms with E-state index in [0.29, 0.717) is 17.2 Å². The number of nitriles is 1. The molecule has 0 aliphatic carbocycles. The third kappa shape index (κ3) is 2.32. The maximum Gasteiger partial charge on any atom is 0.155 e. The molecule has 0 fully saturated rings. The number of nitrogens with zero attached hydrogens (tertiary/aromatic N) is 4. The van der Waals surface area contributed by atoms with Gasteiger partial charge < -0.3 is 10.6 Å². The Morgan fingerprint density at radius 3 is 2.35 bits per heavy atom. The molecule has 0 aliphatic heterocycles. The first-order valence-electron chi connectivity index (χ1n) is 5.04. The SMILES string of the molecule is CN(c1ccc(C#N)cc1)c1ccc(N)nn1. The Labute approximate surface area is 99.1 Å². The highest BCUT2D eigenvalue weighted by molar-refractivity contribution is 5.60. The van der Waals surface area contributed by atoms with Crippen LogP contribution in [0.15, 0.2) is 36.4 Å². The topological polar surface area (TPSA) is 78.8 Å². The van der Waals surface area contributed by atoms with Crippen molar-refractivity contribution >= 4 is 17.3 Å². The second-order valence-electron chi connectivity index (χ2n) is 3.53. The molecule has 0 bridgehead atoms. The highest BCUT2D eigenvalue weighted by Crippen LogP contribution is 2.21. The lowest BCUT2D eigenvalue weighted by Gasteiger charge is -2.17. The molecule has 17 heavy (non-hydrogen) atoms. The first-order valence-corrected chi connectivity index (χ1v) is 5.04. The molecule has 0 saturated heterocycles. The van der Waals surface area contributed by atoms with E-state index in [4.69, 9.17) is 11.0 Å². The van der Waals surface area contributed by atoms with Gasteiger partial charge in [-0.05, 0) is 36.4 Å². The fourth-order valence-electron chi connectivity index (χ4n) is 1.41. The van der Waals surface area contributed by atoms with Crippen LogP contribution < -0.4 is 10.6 Å². The van der Waals surface area contributed by atoms with Gasteiger partial charge in [0.05, 0.1) is 11.6 Å². The van der Waals surface area contributed by atoms with Crippen molar-refractivity contribution in [3.63, 3.8) is 0 Å². The first-order chi connectivity index (χ1) is 8.20. The molecule has 84 valence electrons. The minimum Gasteiger partial charge on any atom is -0.382 e. The van der Waals surface area contributed by atoms with E-state index in [2.05, 4.69) is 16.3 Å². The Balaban J connectivity index is 2.27. The minimum atomic E-state index is 0.391. The fraction of sp³-hybridized carbons (Fsp3) is 0.0833. The van der Waals surface area contributed by atoms with Crippen LogP contribution in [0.4, 0.5) is 17.3 Å². The van der Waals surface area contributed by atoms with E-state index in [1.807, 2.05) is 24.1 Å². The second kappa shape index (κ2) is 4.49. The predicted molar refractivity (Wildman–Crippen MR) is 65.7 cm³/mol. The number of anilines is 3. The number of nitrogen functional groups attached to an aromatic ring is 1. The van der Waals surface area contributed by atoms with Crippen LogP contribution in [0.2, 0.25) is 0 Å². The van der Waals surface area contributed by atoms with Gasteiger partial charge in [-0.3, -0.25) is 0 Å². The second-order valence-corrected chi connectivity index (χ2v) is 3.53. The average Bonchev–Trinajstić information content (AvgIpc) is 2.39. The molecule has 2 rings (SSSR count). The normalized spacial score (nSPS) is 9.65.